The van der Waals surface area contributed by atoms with E-state index in [0.717, 1.165) is 27.0 Å². The first-order valence-electron chi connectivity index (χ1n) is 5.92. The third-order valence-electron chi connectivity index (χ3n) is 2.94. The van der Waals surface area contributed by atoms with E-state index in [-0.39, 0.29) is 5.82 Å². The van der Waals surface area contributed by atoms with Crippen molar-refractivity contribution >= 4 is 21.6 Å². The van der Waals surface area contributed by atoms with Crippen molar-refractivity contribution in [2.45, 2.75) is 13.5 Å². The molecular weight excluding hydrogens is 309 g/mol. The van der Waals surface area contributed by atoms with Crippen LogP contribution in [0.1, 0.15) is 11.1 Å². The molecule has 0 aliphatic heterocycles. The van der Waals surface area contributed by atoms with Crippen LogP contribution < -0.4 is 10.1 Å². The van der Waals surface area contributed by atoms with Crippen LogP contribution in [0.4, 0.5) is 10.1 Å². The lowest BCUT2D eigenvalue weighted by Crippen LogP contribution is -2.01. The van der Waals surface area contributed by atoms with Gasteiger partial charge < -0.3 is 10.1 Å². The Bertz CT molecular complexity index is 586. The normalized spacial score (nSPS) is 10.3. The van der Waals surface area contributed by atoms with Crippen LogP contribution in [0.25, 0.3) is 0 Å². The molecule has 0 saturated heterocycles. The minimum absolute atomic E-state index is 0.201. The Morgan fingerprint density at radius 2 is 2.00 bits per heavy atom. The SMILES string of the molecule is COc1ccc(NCc2ccc(F)cc2C)cc1Br. The van der Waals surface area contributed by atoms with Gasteiger partial charge in [0.25, 0.3) is 0 Å². The molecule has 100 valence electrons. The first-order chi connectivity index (χ1) is 9.10. The van der Waals surface area contributed by atoms with Gasteiger partial charge in [-0.15, -0.1) is 0 Å². The Morgan fingerprint density at radius 3 is 2.63 bits per heavy atom. The van der Waals surface area contributed by atoms with Gasteiger partial charge in [0.15, 0.2) is 0 Å². The average molecular weight is 324 g/mol. The van der Waals surface area contributed by atoms with Gasteiger partial charge in [-0.2, -0.15) is 0 Å². The second kappa shape index (κ2) is 6.06. The zero-order valence-electron chi connectivity index (χ0n) is 10.8. The van der Waals surface area contributed by atoms with Crippen molar-refractivity contribution < 1.29 is 9.13 Å². The number of hydrogen-bond donors (Lipinski definition) is 1. The van der Waals surface area contributed by atoms with E-state index >= 15 is 0 Å². The molecule has 4 heteroatoms. The van der Waals surface area contributed by atoms with Gasteiger partial charge in [-0.25, -0.2) is 4.39 Å². The minimum Gasteiger partial charge on any atom is -0.496 e. The summed E-state index contributed by atoms with van der Waals surface area (Å²) in [5, 5.41) is 3.31. The molecule has 0 saturated carbocycles. The average Bonchev–Trinajstić information content (AvgIpc) is 2.38. The molecule has 2 nitrogen and oxygen atoms in total. The largest absolute Gasteiger partial charge is 0.496 e. The maximum absolute atomic E-state index is 13.0. The number of hydrogen-bond acceptors (Lipinski definition) is 2. The molecule has 1 N–H and O–H groups in total. The van der Waals surface area contributed by atoms with Gasteiger partial charge in [0.1, 0.15) is 11.6 Å². The van der Waals surface area contributed by atoms with Gasteiger partial charge in [0.2, 0.25) is 0 Å². The number of anilines is 1. The number of benzene rings is 2. The van der Waals surface area contributed by atoms with E-state index in [1.165, 1.54) is 6.07 Å². The van der Waals surface area contributed by atoms with Crippen LogP contribution in [0.15, 0.2) is 40.9 Å². The van der Waals surface area contributed by atoms with Crippen LogP contribution in [0, 0.1) is 12.7 Å². The van der Waals surface area contributed by atoms with E-state index in [0.29, 0.717) is 6.54 Å². The highest BCUT2D eigenvalue weighted by atomic mass is 79.9. The molecular formula is C15H15BrFNO. The van der Waals surface area contributed by atoms with E-state index < -0.39 is 0 Å². The van der Waals surface area contributed by atoms with Crippen LogP contribution in [-0.2, 0) is 6.54 Å². The first-order valence-corrected chi connectivity index (χ1v) is 6.72. The highest BCUT2D eigenvalue weighted by Crippen LogP contribution is 2.28. The predicted molar refractivity (Wildman–Crippen MR) is 79.2 cm³/mol. The fourth-order valence-corrected chi connectivity index (χ4v) is 2.37. The summed E-state index contributed by atoms with van der Waals surface area (Å²) >= 11 is 3.44. The van der Waals surface area contributed by atoms with Crippen molar-refractivity contribution in [3.05, 3.63) is 57.8 Å². The van der Waals surface area contributed by atoms with E-state index in [4.69, 9.17) is 4.74 Å². The molecule has 0 fully saturated rings. The van der Waals surface area contributed by atoms with E-state index in [9.17, 15) is 4.39 Å². The maximum atomic E-state index is 13.0. The molecule has 0 radical (unpaired) electrons. The molecule has 0 spiro atoms. The molecule has 19 heavy (non-hydrogen) atoms. The molecule has 0 aromatic heterocycles. The number of ether oxygens (including phenoxy) is 1. The number of methoxy groups -OCH3 is 1. The number of halogens is 2. The zero-order valence-corrected chi connectivity index (χ0v) is 12.4. The number of aryl methyl sites for hydroxylation is 1. The first kappa shape index (κ1) is 13.9. The lowest BCUT2D eigenvalue weighted by Gasteiger charge is -2.11. The molecule has 2 rings (SSSR count). The van der Waals surface area contributed by atoms with Gasteiger partial charge in [0, 0.05) is 12.2 Å². The lowest BCUT2D eigenvalue weighted by molar-refractivity contribution is 0.412. The zero-order chi connectivity index (χ0) is 13.8. The summed E-state index contributed by atoms with van der Waals surface area (Å²) in [6.07, 6.45) is 0. The Hall–Kier alpha value is -1.55. The predicted octanol–water partition coefficient (Wildman–Crippen LogP) is 4.52. The summed E-state index contributed by atoms with van der Waals surface area (Å²) in [6, 6.07) is 10.6. The Morgan fingerprint density at radius 1 is 1.21 bits per heavy atom. The smallest absolute Gasteiger partial charge is 0.133 e. The van der Waals surface area contributed by atoms with Gasteiger partial charge in [-0.3, -0.25) is 0 Å². The fraction of sp³-hybridized carbons (Fsp3) is 0.200. The van der Waals surface area contributed by atoms with Gasteiger partial charge in [0.05, 0.1) is 11.6 Å². The van der Waals surface area contributed by atoms with Crippen molar-refractivity contribution in [1.29, 1.82) is 0 Å². The Labute approximate surface area is 120 Å². The summed E-state index contributed by atoms with van der Waals surface area (Å²) in [5.74, 6) is 0.594. The lowest BCUT2D eigenvalue weighted by atomic mass is 10.1. The molecule has 0 heterocycles. The molecule has 2 aromatic rings. The second-order valence-electron chi connectivity index (χ2n) is 4.27. The van der Waals surface area contributed by atoms with Crippen LogP contribution >= 0.6 is 15.9 Å². The van der Waals surface area contributed by atoms with Crippen LogP contribution in [-0.4, -0.2) is 7.11 Å². The summed E-state index contributed by atoms with van der Waals surface area (Å²) in [5.41, 5.74) is 3.00. The molecule has 0 amide bonds. The highest BCUT2D eigenvalue weighted by molar-refractivity contribution is 9.10. The monoisotopic (exact) mass is 323 g/mol. The minimum atomic E-state index is -0.201. The second-order valence-corrected chi connectivity index (χ2v) is 5.13. The van der Waals surface area contributed by atoms with Crippen LogP contribution in [0.2, 0.25) is 0 Å². The van der Waals surface area contributed by atoms with E-state index in [1.54, 1.807) is 19.2 Å². The summed E-state index contributed by atoms with van der Waals surface area (Å²) in [6.45, 7) is 2.56. The molecule has 0 bridgehead atoms. The maximum Gasteiger partial charge on any atom is 0.133 e. The van der Waals surface area contributed by atoms with Crippen molar-refractivity contribution in [1.82, 2.24) is 0 Å². The molecule has 0 aliphatic carbocycles. The van der Waals surface area contributed by atoms with Crippen molar-refractivity contribution in [3.63, 3.8) is 0 Å². The summed E-state index contributed by atoms with van der Waals surface area (Å²) in [7, 11) is 1.63. The van der Waals surface area contributed by atoms with Gasteiger partial charge >= 0.3 is 0 Å². The van der Waals surface area contributed by atoms with Crippen LogP contribution in [0.3, 0.4) is 0 Å². The fourth-order valence-electron chi connectivity index (χ4n) is 1.83. The van der Waals surface area contributed by atoms with Gasteiger partial charge in [-0.05, 0) is 64.3 Å². The molecule has 2 aromatic carbocycles. The Balaban J connectivity index is 2.08. The third kappa shape index (κ3) is 3.47. The standard InChI is InChI=1S/C15H15BrFNO/c1-10-7-12(17)4-3-11(10)9-18-13-5-6-15(19-2)14(16)8-13/h3-8,18H,9H2,1-2H3. The quantitative estimate of drug-likeness (QED) is 0.893. The van der Waals surface area contributed by atoms with Crippen molar-refractivity contribution in [3.8, 4) is 5.75 Å². The number of rotatable bonds is 4. The summed E-state index contributed by atoms with van der Waals surface area (Å²) in [4.78, 5) is 0. The Kier molecular flexibility index (Phi) is 4.43. The van der Waals surface area contributed by atoms with Crippen molar-refractivity contribution in [2.24, 2.45) is 0 Å². The molecule has 0 atom stereocenters. The third-order valence-corrected chi connectivity index (χ3v) is 3.56. The van der Waals surface area contributed by atoms with Crippen LogP contribution in [0.5, 0.6) is 5.75 Å². The summed E-state index contributed by atoms with van der Waals surface area (Å²) < 4.78 is 19.1. The van der Waals surface area contributed by atoms with E-state index in [1.807, 2.05) is 25.1 Å². The number of nitrogens with one attached hydrogen (secondary N) is 1. The molecule has 0 aliphatic rings. The van der Waals surface area contributed by atoms with E-state index in [2.05, 4.69) is 21.2 Å². The van der Waals surface area contributed by atoms with Gasteiger partial charge in [-0.1, -0.05) is 6.07 Å². The van der Waals surface area contributed by atoms with Crippen molar-refractivity contribution in [2.75, 3.05) is 12.4 Å². The molecule has 0 unspecified atom stereocenters. The highest BCUT2D eigenvalue weighted by Gasteiger charge is 2.03. The topological polar surface area (TPSA) is 21.3 Å².